The Labute approximate surface area is 136 Å². The summed E-state index contributed by atoms with van der Waals surface area (Å²) in [6, 6.07) is 5.61. The Kier molecular flexibility index (Phi) is 5.08. The van der Waals surface area contributed by atoms with Crippen molar-refractivity contribution in [1.29, 1.82) is 5.26 Å². The van der Waals surface area contributed by atoms with Crippen molar-refractivity contribution in [2.45, 2.75) is 12.5 Å². The highest BCUT2D eigenvalue weighted by Crippen LogP contribution is 2.30. The molecular weight excluding hydrogens is 324 g/mol. The number of nitrogens with one attached hydrogen (secondary N) is 1. The molecule has 2 aromatic rings. The molecule has 22 heavy (non-hydrogen) atoms. The SMILES string of the molecule is COCC(C)(C#N)NC(=O)c1sc(-c2cccnc2)nc1Cl. The Bertz CT molecular complexity index is 713. The van der Waals surface area contributed by atoms with Crippen molar-refractivity contribution in [2.75, 3.05) is 13.7 Å². The van der Waals surface area contributed by atoms with Crippen molar-refractivity contribution < 1.29 is 9.53 Å². The first kappa shape index (κ1) is 16.4. The number of pyridine rings is 1. The van der Waals surface area contributed by atoms with Gasteiger partial charge in [0.15, 0.2) is 5.15 Å². The molecule has 0 spiro atoms. The van der Waals surface area contributed by atoms with Crippen molar-refractivity contribution in [3.8, 4) is 16.6 Å². The van der Waals surface area contributed by atoms with Crippen LogP contribution >= 0.6 is 22.9 Å². The van der Waals surface area contributed by atoms with Gasteiger partial charge in [0.1, 0.15) is 15.4 Å². The van der Waals surface area contributed by atoms with Gasteiger partial charge in [-0.2, -0.15) is 5.26 Å². The molecule has 1 unspecified atom stereocenters. The molecule has 0 saturated carbocycles. The van der Waals surface area contributed by atoms with Crippen LogP contribution in [0.15, 0.2) is 24.5 Å². The maximum Gasteiger partial charge on any atom is 0.265 e. The predicted molar refractivity (Wildman–Crippen MR) is 83.7 cm³/mol. The second-order valence-corrected chi connectivity index (χ2v) is 6.07. The smallest absolute Gasteiger partial charge is 0.265 e. The average Bonchev–Trinajstić information content (AvgIpc) is 2.90. The van der Waals surface area contributed by atoms with Gasteiger partial charge in [0.25, 0.3) is 5.91 Å². The first-order chi connectivity index (χ1) is 10.5. The van der Waals surface area contributed by atoms with Gasteiger partial charge < -0.3 is 10.1 Å². The number of halogens is 1. The highest BCUT2D eigenvalue weighted by atomic mass is 35.5. The maximum atomic E-state index is 12.3. The maximum absolute atomic E-state index is 12.3. The molecule has 2 heterocycles. The summed E-state index contributed by atoms with van der Waals surface area (Å²) in [5.41, 5.74) is -0.360. The van der Waals surface area contributed by atoms with Gasteiger partial charge in [-0.05, 0) is 19.1 Å². The van der Waals surface area contributed by atoms with E-state index in [1.807, 2.05) is 12.1 Å². The van der Waals surface area contributed by atoms with Crippen molar-refractivity contribution in [3.05, 3.63) is 34.6 Å². The number of amides is 1. The second kappa shape index (κ2) is 6.83. The zero-order valence-corrected chi connectivity index (χ0v) is 13.5. The molecule has 8 heteroatoms. The molecule has 1 N–H and O–H groups in total. The topological polar surface area (TPSA) is 87.9 Å². The van der Waals surface area contributed by atoms with Crippen LogP contribution in [0.25, 0.3) is 10.6 Å². The molecule has 0 saturated heterocycles. The number of rotatable bonds is 5. The summed E-state index contributed by atoms with van der Waals surface area (Å²) in [7, 11) is 1.46. The predicted octanol–water partition coefficient (Wildman–Crippen LogP) is 2.52. The number of carbonyl (C=O) groups is 1. The minimum absolute atomic E-state index is 0.0706. The Morgan fingerprint density at radius 2 is 2.41 bits per heavy atom. The zero-order chi connectivity index (χ0) is 16.2. The number of nitrogens with zero attached hydrogens (tertiary/aromatic N) is 3. The third-order valence-electron chi connectivity index (χ3n) is 2.77. The first-order valence-corrected chi connectivity index (χ1v) is 7.48. The number of ether oxygens (including phenoxy) is 1. The quantitative estimate of drug-likeness (QED) is 0.906. The van der Waals surface area contributed by atoms with Crippen molar-refractivity contribution >= 4 is 28.8 Å². The molecule has 1 atom stereocenters. The van der Waals surface area contributed by atoms with Crippen LogP contribution < -0.4 is 5.32 Å². The van der Waals surface area contributed by atoms with Gasteiger partial charge in [-0.1, -0.05) is 11.6 Å². The fourth-order valence-corrected chi connectivity index (χ4v) is 2.93. The van der Waals surface area contributed by atoms with E-state index in [2.05, 4.69) is 15.3 Å². The van der Waals surface area contributed by atoms with Gasteiger partial charge >= 0.3 is 0 Å². The van der Waals surface area contributed by atoms with Crippen LogP contribution in [0, 0.1) is 11.3 Å². The van der Waals surface area contributed by atoms with E-state index in [-0.39, 0.29) is 16.6 Å². The lowest BCUT2D eigenvalue weighted by molar-refractivity contribution is 0.0864. The lowest BCUT2D eigenvalue weighted by Crippen LogP contribution is -2.48. The van der Waals surface area contributed by atoms with E-state index in [9.17, 15) is 4.79 Å². The molecular formula is C14H13ClN4O2S. The van der Waals surface area contributed by atoms with Gasteiger partial charge in [-0.3, -0.25) is 9.78 Å². The highest BCUT2D eigenvalue weighted by molar-refractivity contribution is 7.17. The van der Waals surface area contributed by atoms with Crippen LogP contribution in [0.2, 0.25) is 5.15 Å². The molecule has 2 rings (SSSR count). The lowest BCUT2D eigenvalue weighted by Gasteiger charge is -2.21. The third kappa shape index (κ3) is 3.60. The zero-order valence-electron chi connectivity index (χ0n) is 12.0. The number of nitriles is 1. The fraction of sp³-hybridized carbons (Fsp3) is 0.286. The summed E-state index contributed by atoms with van der Waals surface area (Å²) >= 11 is 7.19. The van der Waals surface area contributed by atoms with E-state index >= 15 is 0 Å². The number of methoxy groups -OCH3 is 1. The molecule has 0 fully saturated rings. The molecule has 1 amide bonds. The number of carbonyl (C=O) groups excluding carboxylic acids is 1. The Balaban J connectivity index is 2.25. The van der Waals surface area contributed by atoms with Crippen molar-refractivity contribution in [1.82, 2.24) is 15.3 Å². The van der Waals surface area contributed by atoms with Crippen LogP contribution in [-0.4, -0.2) is 35.1 Å². The molecule has 2 aromatic heterocycles. The average molecular weight is 337 g/mol. The van der Waals surface area contributed by atoms with Gasteiger partial charge in [0, 0.05) is 25.1 Å². The van der Waals surface area contributed by atoms with E-state index in [4.69, 9.17) is 21.6 Å². The van der Waals surface area contributed by atoms with Crippen LogP contribution in [0.4, 0.5) is 0 Å². The van der Waals surface area contributed by atoms with Crippen molar-refractivity contribution in [2.24, 2.45) is 0 Å². The monoisotopic (exact) mass is 336 g/mol. The summed E-state index contributed by atoms with van der Waals surface area (Å²) < 4.78 is 4.95. The Hall–Kier alpha value is -2.01. The molecule has 0 aliphatic carbocycles. The number of thiazole rings is 1. The molecule has 0 radical (unpaired) electrons. The number of aromatic nitrogens is 2. The number of hydrogen-bond donors (Lipinski definition) is 1. The van der Waals surface area contributed by atoms with Gasteiger partial charge in [0.05, 0.1) is 12.7 Å². The normalized spacial score (nSPS) is 13.2. The Morgan fingerprint density at radius 3 is 3.00 bits per heavy atom. The van der Waals surface area contributed by atoms with Gasteiger partial charge in [-0.15, -0.1) is 11.3 Å². The van der Waals surface area contributed by atoms with Crippen LogP contribution in [0.3, 0.4) is 0 Å². The van der Waals surface area contributed by atoms with E-state index in [0.717, 1.165) is 16.9 Å². The van der Waals surface area contributed by atoms with E-state index in [1.165, 1.54) is 7.11 Å². The summed E-state index contributed by atoms with van der Waals surface area (Å²) in [4.78, 5) is 20.7. The van der Waals surface area contributed by atoms with E-state index < -0.39 is 11.4 Å². The molecule has 114 valence electrons. The van der Waals surface area contributed by atoms with Gasteiger partial charge in [0.2, 0.25) is 0 Å². The Morgan fingerprint density at radius 1 is 1.64 bits per heavy atom. The van der Waals surface area contributed by atoms with Crippen molar-refractivity contribution in [3.63, 3.8) is 0 Å². The summed E-state index contributed by atoms with van der Waals surface area (Å²) in [5, 5.41) is 12.5. The highest BCUT2D eigenvalue weighted by Gasteiger charge is 2.29. The summed E-state index contributed by atoms with van der Waals surface area (Å²) in [6.07, 6.45) is 3.29. The van der Waals surface area contributed by atoms with Crippen LogP contribution in [0.5, 0.6) is 0 Å². The molecule has 0 bridgehead atoms. The lowest BCUT2D eigenvalue weighted by atomic mass is 10.1. The van der Waals surface area contributed by atoms with Gasteiger partial charge in [-0.25, -0.2) is 4.98 Å². The third-order valence-corrected chi connectivity index (χ3v) is 4.26. The van der Waals surface area contributed by atoms with Crippen LogP contribution in [-0.2, 0) is 4.74 Å². The van der Waals surface area contributed by atoms with E-state index in [0.29, 0.717) is 5.01 Å². The summed E-state index contributed by atoms with van der Waals surface area (Å²) in [5.74, 6) is -0.459. The summed E-state index contributed by atoms with van der Waals surface area (Å²) in [6.45, 7) is 1.65. The standard InChI is InChI=1S/C14H13ClN4O2S/c1-14(7-16,8-21-2)19-12(20)10-11(15)18-13(22-10)9-4-3-5-17-6-9/h3-6H,8H2,1-2H3,(H,19,20). The molecule has 6 nitrogen and oxygen atoms in total. The fourth-order valence-electron chi connectivity index (χ4n) is 1.75. The van der Waals surface area contributed by atoms with Crippen LogP contribution in [0.1, 0.15) is 16.6 Å². The molecule has 0 aromatic carbocycles. The second-order valence-electron chi connectivity index (χ2n) is 4.71. The number of hydrogen-bond acceptors (Lipinski definition) is 6. The minimum atomic E-state index is -1.13. The van der Waals surface area contributed by atoms with E-state index in [1.54, 1.807) is 25.4 Å². The first-order valence-electron chi connectivity index (χ1n) is 6.28. The minimum Gasteiger partial charge on any atom is -0.381 e. The molecule has 0 aliphatic heterocycles. The largest absolute Gasteiger partial charge is 0.381 e. The molecule has 0 aliphatic rings.